The van der Waals surface area contributed by atoms with Crippen LogP contribution >= 0.6 is 0 Å². The van der Waals surface area contributed by atoms with Crippen LogP contribution in [0.3, 0.4) is 0 Å². The van der Waals surface area contributed by atoms with E-state index in [2.05, 4.69) is 4.74 Å². The second-order valence-corrected chi connectivity index (χ2v) is 7.43. The van der Waals surface area contributed by atoms with E-state index in [1.165, 1.54) is 29.2 Å². The topological polar surface area (TPSA) is 74.3 Å². The van der Waals surface area contributed by atoms with E-state index in [4.69, 9.17) is 14.2 Å². The summed E-state index contributed by atoms with van der Waals surface area (Å²) in [6.45, 7) is 6.40. The Hall–Kier alpha value is -3.27. The van der Waals surface area contributed by atoms with Gasteiger partial charge in [-0.25, -0.2) is 4.79 Å². The monoisotopic (exact) mass is 497 g/mol. The SMILES string of the molecule is CCOC(=O)[C@H](Cc1ccc(OCC(=O)N(CC)Cc2ccc(OC(F)(F)F)cc2)cc1)OCC. The number of esters is 1. The summed E-state index contributed by atoms with van der Waals surface area (Å²) in [5.74, 6) is -0.526. The third-order valence-electron chi connectivity index (χ3n) is 4.89. The van der Waals surface area contributed by atoms with Crippen molar-refractivity contribution < 1.29 is 41.7 Å². The smallest absolute Gasteiger partial charge is 0.484 e. The first-order chi connectivity index (χ1) is 16.6. The van der Waals surface area contributed by atoms with Crippen molar-refractivity contribution in [2.45, 2.75) is 46.2 Å². The standard InChI is InChI=1S/C25H30F3NO6/c1-4-29(16-19-9-13-21(14-10-19)35-25(26,27)28)23(30)17-34-20-11-7-18(8-12-20)15-22(32-5-2)24(31)33-6-3/h7-14,22H,4-6,15-17H2,1-3H3/t22-/m0/s1. The Bertz CT molecular complexity index is 932. The summed E-state index contributed by atoms with van der Waals surface area (Å²) in [5, 5.41) is 0. The molecule has 0 saturated carbocycles. The lowest BCUT2D eigenvalue weighted by Crippen LogP contribution is -2.34. The molecule has 2 aromatic carbocycles. The molecule has 10 heteroatoms. The fourth-order valence-electron chi connectivity index (χ4n) is 3.21. The molecule has 0 fully saturated rings. The van der Waals surface area contributed by atoms with Gasteiger partial charge >= 0.3 is 12.3 Å². The number of benzene rings is 2. The van der Waals surface area contributed by atoms with Crippen LogP contribution < -0.4 is 9.47 Å². The Morgan fingerprint density at radius 2 is 1.49 bits per heavy atom. The van der Waals surface area contributed by atoms with E-state index in [9.17, 15) is 22.8 Å². The van der Waals surface area contributed by atoms with Crippen molar-refractivity contribution in [3.05, 3.63) is 59.7 Å². The van der Waals surface area contributed by atoms with Crippen molar-refractivity contribution in [3.8, 4) is 11.5 Å². The first-order valence-electron chi connectivity index (χ1n) is 11.3. The molecule has 35 heavy (non-hydrogen) atoms. The van der Waals surface area contributed by atoms with Gasteiger partial charge in [-0.15, -0.1) is 13.2 Å². The number of alkyl halides is 3. The highest BCUT2D eigenvalue weighted by Crippen LogP contribution is 2.23. The summed E-state index contributed by atoms with van der Waals surface area (Å²) < 4.78 is 56.8. The molecule has 0 aliphatic carbocycles. The number of nitrogens with zero attached hydrogens (tertiary/aromatic N) is 1. The number of ether oxygens (including phenoxy) is 4. The molecule has 0 bridgehead atoms. The fraction of sp³-hybridized carbons (Fsp3) is 0.440. The lowest BCUT2D eigenvalue weighted by Gasteiger charge is -2.21. The third-order valence-corrected chi connectivity index (χ3v) is 4.89. The lowest BCUT2D eigenvalue weighted by atomic mass is 10.1. The first kappa shape index (κ1) is 28.0. The van der Waals surface area contributed by atoms with Crippen molar-refractivity contribution >= 4 is 11.9 Å². The number of halogens is 3. The van der Waals surface area contributed by atoms with E-state index in [1.54, 1.807) is 45.0 Å². The number of likely N-dealkylation sites (N-methyl/N-ethyl adjacent to an activating group) is 1. The minimum Gasteiger partial charge on any atom is -0.484 e. The molecule has 0 N–H and O–H groups in total. The average molecular weight is 498 g/mol. The third kappa shape index (κ3) is 9.86. The zero-order valence-electron chi connectivity index (χ0n) is 20.0. The van der Waals surface area contributed by atoms with Crippen LogP contribution in [0.15, 0.2) is 48.5 Å². The van der Waals surface area contributed by atoms with Gasteiger partial charge in [0.2, 0.25) is 0 Å². The van der Waals surface area contributed by atoms with Crippen molar-refractivity contribution in [2.75, 3.05) is 26.4 Å². The highest BCUT2D eigenvalue weighted by Gasteiger charge is 2.31. The zero-order valence-corrected chi connectivity index (χ0v) is 20.0. The first-order valence-corrected chi connectivity index (χ1v) is 11.3. The Labute approximate surface area is 202 Å². The molecular formula is C25H30F3NO6. The van der Waals surface area contributed by atoms with Crippen LogP contribution in [-0.2, 0) is 32.0 Å². The molecule has 0 unspecified atom stereocenters. The summed E-state index contributed by atoms with van der Waals surface area (Å²) in [6.07, 6.45) is -5.10. The minimum absolute atomic E-state index is 0.202. The van der Waals surface area contributed by atoms with E-state index in [0.29, 0.717) is 30.9 Å². The van der Waals surface area contributed by atoms with Gasteiger partial charge in [0.05, 0.1) is 6.61 Å². The second-order valence-electron chi connectivity index (χ2n) is 7.43. The zero-order chi connectivity index (χ0) is 25.8. The predicted octanol–water partition coefficient (Wildman–Crippen LogP) is 4.52. The molecule has 0 saturated heterocycles. The molecule has 1 atom stereocenters. The van der Waals surface area contributed by atoms with E-state index in [-0.39, 0.29) is 31.4 Å². The molecule has 0 spiro atoms. The number of hydrogen-bond acceptors (Lipinski definition) is 6. The Balaban J connectivity index is 1.89. The van der Waals surface area contributed by atoms with Gasteiger partial charge in [0, 0.05) is 26.1 Å². The van der Waals surface area contributed by atoms with Crippen LogP contribution in [0.1, 0.15) is 31.9 Å². The molecule has 2 rings (SSSR count). The molecule has 0 aliphatic heterocycles. The number of rotatable bonds is 13. The summed E-state index contributed by atoms with van der Waals surface area (Å²) in [7, 11) is 0. The molecule has 7 nitrogen and oxygen atoms in total. The van der Waals surface area contributed by atoms with Crippen molar-refractivity contribution in [1.29, 1.82) is 0 Å². The summed E-state index contributed by atoms with van der Waals surface area (Å²) in [6, 6.07) is 12.3. The molecule has 2 aromatic rings. The number of hydrogen-bond donors (Lipinski definition) is 0. The second kappa shape index (κ2) is 13.6. The molecule has 1 amide bonds. The van der Waals surface area contributed by atoms with Crippen molar-refractivity contribution in [1.82, 2.24) is 4.90 Å². The fourth-order valence-corrected chi connectivity index (χ4v) is 3.21. The van der Waals surface area contributed by atoms with Gasteiger partial charge in [-0.05, 0) is 56.2 Å². The summed E-state index contributed by atoms with van der Waals surface area (Å²) >= 11 is 0. The Kier molecular flexibility index (Phi) is 10.8. The maximum atomic E-state index is 12.6. The molecule has 0 heterocycles. The maximum absolute atomic E-state index is 12.6. The lowest BCUT2D eigenvalue weighted by molar-refractivity contribution is -0.274. The van der Waals surface area contributed by atoms with E-state index in [0.717, 1.165) is 5.56 Å². The minimum atomic E-state index is -4.76. The van der Waals surface area contributed by atoms with Crippen LogP contribution in [0, 0.1) is 0 Å². The van der Waals surface area contributed by atoms with Gasteiger partial charge in [0.15, 0.2) is 12.7 Å². The van der Waals surface area contributed by atoms with Gasteiger partial charge in [-0.1, -0.05) is 24.3 Å². The maximum Gasteiger partial charge on any atom is 0.573 e. The van der Waals surface area contributed by atoms with Gasteiger partial charge in [-0.2, -0.15) is 0 Å². The van der Waals surface area contributed by atoms with Crippen LogP contribution in [0.25, 0.3) is 0 Å². The number of carbonyl (C=O) groups excluding carboxylic acids is 2. The van der Waals surface area contributed by atoms with Gasteiger partial charge < -0.3 is 23.8 Å². The average Bonchev–Trinajstić information content (AvgIpc) is 2.81. The molecule has 192 valence electrons. The highest BCUT2D eigenvalue weighted by molar-refractivity contribution is 5.77. The van der Waals surface area contributed by atoms with Gasteiger partial charge in [0.25, 0.3) is 5.91 Å². The summed E-state index contributed by atoms with van der Waals surface area (Å²) in [4.78, 5) is 26.1. The van der Waals surface area contributed by atoms with Crippen molar-refractivity contribution in [3.63, 3.8) is 0 Å². The highest BCUT2D eigenvalue weighted by atomic mass is 19.4. The Morgan fingerprint density at radius 1 is 0.886 bits per heavy atom. The predicted molar refractivity (Wildman–Crippen MR) is 122 cm³/mol. The quantitative estimate of drug-likeness (QED) is 0.379. The molecular weight excluding hydrogens is 467 g/mol. The van der Waals surface area contributed by atoms with Crippen LogP contribution in [0.4, 0.5) is 13.2 Å². The van der Waals surface area contributed by atoms with E-state index in [1.807, 2.05) is 0 Å². The van der Waals surface area contributed by atoms with Crippen molar-refractivity contribution in [2.24, 2.45) is 0 Å². The normalized spacial score (nSPS) is 12.1. The van der Waals surface area contributed by atoms with E-state index < -0.39 is 18.4 Å². The van der Waals surface area contributed by atoms with Crippen LogP contribution in [0.2, 0.25) is 0 Å². The Morgan fingerprint density at radius 3 is 2.03 bits per heavy atom. The van der Waals surface area contributed by atoms with Crippen LogP contribution in [-0.4, -0.2) is 55.6 Å². The van der Waals surface area contributed by atoms with Crippen LogP contribution in [0.5, 0.6) is 11.5 Å². The molecule has 0 radical (unpaired) electrons. The van der Waals surface area contributed by atoms with E-state index >= 15 is 0 Å². The van der Waals surface area contributed by atoms with Gasteiger partial charge in [-0.3, -0.25) is 4.79 Å². The van der Waals surface area contributed by atoms with Gasteiger partial charge in [0.1, 0.15) is 11.5 Å². The number of carbonyl (C=O) groups is 2. The number of amides is 1. The largest absolute Gasteiger partial charge is 0.573 e. The summed E-state index contributed by atoms with van der Waals surface area (Å²) in [5.41, 5.74) is 1.51. The molecule has 0 aliphatic rings. The molecule has 0 aromatic heterocycles.